The minimum atomic E-state index is 0.683. The Morgan fingerprint density at radius 3 is 2.06 bits per heavy atom. The fraction of sp³-hybridized carbons (Fsp3) is 0.250. The van der Waals surface area contributed by atoms with Gasteiger partial charge >= 0.3 is 0 Å². The normalized spacial score (nSPS) is 10.8. The topological polar surface area (TPSA) is 0 Å². The van der Waals surface area contributed by atoms with Gasteiger partial charge in [0.2, 0.25) is 0 Å². The summed E-state index contributed by atoms with van der Waals surface area (Å²) < 4.78 is 0. The van der Waals surface area contributed by atoms with Gasteiger partial charge in [0.25, 0.3) is 0 Å². The molecule has 0 aliphatic carbocycles. The Balaban J connectivity index is 2.74. The Hall–Kier alpha value is -0.980. The molecule has 0 fully saturated rings. The minimum Gasteiger partial charge on any atom is -0.0843 e. The smallest absolute Gasteiger partial charge is 0.0501 e. The molecule has 0 aliphatic heterocycles. The number of rotatable bonds is 1. The zero-order valence-electron chi connectivity index (χ0n) is 11.1. The molecule has 2 aromatic carbocycles. The van der Waals surface area contributed by atoms with Crippen LogP contribution >= 0.6 is 23.2 Å². The molecule has 0 aromatic heterocycles. The number of halogens is 2. The van der Waals surface area contributed by atoms with Crippen LogP contribution in [0.4, 0.5) is 0 Å². The first-order chi connectivity index (χ1) is 8.41. The van der Waals surface area contributed by atoms with E-state index in [-0.39, 0.29) is 0 Å². The summed E-state index contributed by atoms with van der Waals surface area (Å²) in [4.78, 5) is 0. The van der Waals surface area contributed by atoms with Crippen molar-refractivity contribution in [1.82, 2.24) is 0 Å². The molecule has 2 rings (SSSR count). The maximum Gasteiger partial charge on any atom is 0.0501 e. The van der Waals surface area contributed by atoms with Gasteiger partial charge in [-0.15, -0.1) is 0 Å². The Kier molecular flexibility index (Phi) is 3.70. The predicted molar refractivity (Wildman–Crippen MR) is 80.8 cm³/mol. The molecule has 0 aliphatic rings. The third kappa shape index (κ3) is 2.28. The highest BCUT2D eigenvalue weighted by Gasteiger charge is 2.12. The zero-order valence-corrected chi connectivity index (χ0v) is 12.6. The molecule has 0 unspecified atom stereocenters. The zero-order chi connectivity index (χ0) is 13.4. The molecule has 18 heavy (non-hydrogen) atoms. The Morgan fingerprint density at radius 2 is 1.44 bits per heavy atom. The summed E-state index contributed by atoms with van der Waals surface area (Å²) >= 11 is 12.4. The van der Waals surface area contributed by atoms with Crippen molar-refractivity contribution in [1.29, 1.82) is 0 Å². The van der Waals surface area contributed by atoms with Crippen molar-refractivity contribution in [3.8, 4) is 11.1 Å². The maximum atomic E-state index is 6.35. The Labute approximate surface area is 119 Å². The van der Waals surface area contributed by atoms with Gasteiger partial charge in [0.1, 0.15) is 0 Å². The third-order valence-corrected chi connectivity index (χ3v) is 4.10. The lowest BCUT2D eigenvalue weighted by atomic mass is 9.92. The van der Waals surface area contributed by atoms with Gasteiger partial charge in [-0.25, -0.2) is 0 Å². The van der Waals surface area contributed by atoms with E-state index in [4.69, 9.17) is 23.2 Å². The van der Waals surface area contributed by atoms with Gasteiger partial charge in [-0.2, -0.15) is 0 Å². The van der Waals surface area contributed by atoms with E-state index < -0.39 is 0 Å². The van der Waals surface area contributed by atoms with Crippen LogP contribution in [0, 0.1) is 27.7 Å². The number of aryl methyl sites for hydroxylation is 2. The van der Waals surface area contributed by atoms with Crippen molar-refractivity contribution in [3.63, 3.8) is 0 Å². The molecule has 0 radical (unpaired) electrons. The van der Waals surface area contributed by atoms with E-state index in [1.807, 2.05) is 13.0 Å². The van der Waals surface area contributed by atoms with Gasteiger partial charge in [-0.05, 0) is 67.6 Å². The first-order valence-corrected chi connectivity index (χ1v) is 6.70. The minimum absolute atomic E-state index is 0.683. The van der Waals surface area contributed by atoms with Gasteiger partial charge in [0.15, 0.2) is 0 Å². The fourth-order valence-electron chi connectivity index (χ4n) is 2.27. The van der Waals surface area contributed by atoms with Crippen molar-refractivity contribution < 1.29 is 0 Å². The number of hydrogen-bond acceptors (Lipinski definition) is 0. The lowest BCUT2D eigenvalue weighted by molar-refractivity contribution is 1.26. The van der Waals surface area contributed by atoms with Gasteiger partial charge in [0.05, 0.1) is 5.02 Å². The molecule has 0 heterocycles. The standard InChI is InChI=1S/C16H16Cl2/c1-9-5-6-14(12(4)11(9)3)16-10(2)7-13(17)8-15(16)18/h5-8H,1-4H3. The summed E-state index contributed by atoms with van der Waals surface area (Å²) in [7, 11) is 0. The Bertz CT molecular complexity index is 590. The van der Waals surface area contributed by atoms with E-state index in [2.05, 4.69) is 32.9 Å². The van der Waals surface area contributed by atoms with Gasteiger partial charge in [-0.1, -0.05) is 35.3 Å². The lowest BCUT2D eigenvalue weighted by Gasteiger charge is -2.15. The van der Waals surface area contributed by atoms with Crippen LogP contribution < -0.4 is 0 Å². The quantitative estimate of drug-likeness (QED) is 0.610. The molecule has 0 N–H and O–H groups in total. The van der Waals surface area contributed by atoms with Crippen LogP contribution in [0.2, 0.25) is 10.0 Å². The van der Waals surface area contributed by atoms with E-state index in [9.17, 15) is 0 Å². The summed E-state index contributed by atoms with van der Waals surface area (Å²) in [5.74, 6) is 0. The van der Waals surface area contributed by atoms with E-state index in [1.54, 1.807) is 6.07 Å². The van der Waals surface area contributed by atoms with Crippen LogP contribution in [0.5, 0.6) is 0 Å². The van der Waals surface area contributed by atoms with Crippen LogP contribution in [0.3, 0.4) is 0 Å². The second-order valence-corrected chi connectivity index (χ2v) is 5.60. The van der Waals surface area contributed by atoms with Gasteiger partial charge in [-0.3, -0.25) is 0 Å². The van der Waals surface area contributed by atoms with Gasteiger partial charge < -0.3 is 0 Å². The van der Waals surface area contributed by atoms with Crippen molar-refractivity contribution in [2.24, 2.45) is 0 Å². The van der Waals surface area contributed by atoms with E-state index >= 15 is 0 Å². The molecule has 0 nitrogen and oxygen atoms in total. The summed E-state index contributed by atoms with van der Waals surface area (Å²) in [6.45, 7) is 8.46. The maximum absolute atomic E-state index is 6.35. The number of hydrogen-bond donors (Lipinski definition) is 0. The second-order valence-electron chi connectivity index (χ2n) is 4.76. The molecule has 0 bridgehead atoms. The van der Waals surface area contributed by atoms with Crippen molar-refractivity contribution >= 4 is 23.2 Å². The van der Waals surface area contributed by atoms with E-state index in [0.717, 1.165) is 11.1 Å². The third-order valence-electron chi connectivity index (χ3n) is 3.58. The van der Waals surface area contributed by atoms with Crippen LogP contribution in [-0.4, -0.2) is 0 Å². The average Bonchev–Trinajstić information content (AvgIpc) is 2.28. The van der Waals surface area contributed by atoms with Gasteiger partial charge in [0, 0.05) is 10.6 Å². The predicted octanol–water partition coefficient (Wildman–Crippen LogP) is 5.89. The van der Waals surface area contributed by atoms with Crippen LogP contribution in [0.15, 0.2) is 24.3 Å². The van der Waals surface area contributed by atoms with E-state index in [0.29, 0.717) is 10.0 Å². The summed E-state index contributed by atoms with van der Waals surface area (Å²) in [6.07, 6.45) is 0. The lowest BCUT2D eigenvalue weighted by Crippen LogP contribution is -1.93. The molecule has 0 atom stereocenters. The molecular weight excluding hydrogens is 263 g/mol. The molecule has 94 valence electrons. The summed E-state index contributed by atoms with van der Waals surface area (Å²) in [6, 6.07) is 8.04. The summed E-state index contributed by atoms with van der Waals surface area (Å²) in [5, 5.41) is 1.40. The molecule has 2 aromatic rings. The summed E-state index contributed by atoms with van der Waals surface area (Å²) in [5.41, 5.74) is 7.29. The van der Waals surface area contributed by atoms with Crippen molar-refractivity contribution in [2.75, 3.05) is 0 Å². The van der Waals surface area contributed by atoms with Crippen molar-refractivity contribution in [2.45, 2.75) is 27.7 Å². The molecular formula is C16H16Cl2. The van der Waals surface area contributed by atoms with Crippen LogP contribution in [0.25, 0.3) is 11.1 Å². The first kappa shape index (κ1) is 13.5. The molecule has 0 saturated heterocycles. The largest absolute Gasteiger partial charge is 0.0843 e. The number of benzene rings is 2. The average molecular weight is 279 g/mol. The molecule has 0 amide bonds. The fourth-order valence-corrected chi connectivity index (χ4v) is 2.97. The highest BCUT2D eigenvalue weighted by atomic mass is 35.5. The van der Waals surface area contributed by atoms with Crippen LogP contribution in [0.1, 0.15) is 22.3 Å². The monoisotopic (exact) mass is 278 g/mol. The molecule has 0 spiro atoms. The Morgan fingerprint density at radius 1 is 0.778 bits per heavy atom. The second kappa shape index (κ2) is 4.95. The molecule has 0 saturated carbocycles. The first-order valence-electron chi connectivity index (χ1n) is 5.94. The highest BCUT2D eigenvalue weighted by Crippen LogP contribution is 2.36. The van der Waals surface area contributed by atoms with E-state index in [1.165, 1.54) is 22.3 Å². The molecule has 2 heteroatoms. The highest BCUT2D eigenvalue weighted by molar-refractivity contribution is 6.36. The SMILES string of the molecule is Cc1ccc(-c2c(C)cc(Cl)cc2Cl)c(C)c1C. The van der Waals surface area contributed by atoms with Crippen LogP contribution in [-0.2, 0) is 0 Å². The van der Waals surface area contributed by atoms with Crippen molar-refractivity contribution in [3.05, 3.63) is 56.6 Å².